The zero-order chi connectivity index (χ0) is 26.7. The van der Waals surface area contributed by atoms with Gasteiger partial charge in [0.2, 0.25) is 0 Å². The Morgan fingerprint density at radius 1 is 0.737 bits per heavy atom. The van der Waals surface area contributed by atoms with Crippen LogP contribution in [0.4, 0.5) is 5.69 Å². The topological polar surface area (TPSA) is 71.3 Å². The monoisotopic (exact) mass is 500 g/mol. The van der Waals surface area contributed by atoms with Crippen LogP contribution in [0.5, 0.6) is 11.5 Å². The summed E-state index contributed by atoms with van der Waals surface area (Å²) in [6.45, 7) is 0. The van der Waals surface area contributed by atoms with Crippen LogP contribution in [0.15, 0.2) is 115 Å². The lowest BCUT2D eigenvalue weighted by Crippen LogP contribution is -2.03. The molecule has 0 bridgehead atoms. The van der Waals surface area contributed by atoms with Gasteiger partial charge in [-0.1, -0.05) is 72.8 Å². The van der Waals surface area contributed by atoms with Crippen molar-refractivity contribution >= 4 is 33.5 Å². The number of para-hydroxylation sites is 1. The smallest absolute Gasteiger partial charge is 0.150 e. The van der Waals surface area contributed by atoms with Crippen molar-refractivity contribution in [2.24, 2.45) is 0 Å². The lowest BCUT2D eigenvalue weighted by atomic mass is 10.00. The van der Waals surface area contributed by atoms with Gasteiger partial charge in [-0.25, -0.2) is 0 Å². The van der Waals surface area contributed by atoms with Gasteiger partial charge in [0.15, 0.2) is 6.29 Å². The molecular weight excluding hydrogens is 472 g/mol. The number of nitriles is 1. The molecule has 0 atom stereocenters. The third-order valence-corrected chi connectivity index (χ3v) is 6.16. The summed E-state index contributed by atoms with van der Waals surface area (Å²) in [5.41, 5.74) is 3.67. The van der Waals surface area contributed by atoms with Crippen molar-refractivity contribution in [3.8, 4) is 17.6 Å². The highest BCUT2D eigenvalue weighted by Gasteiger charge is 2.09. The van der Waals surface area contributed by atoms with E-state index in [0.717, 1.165) is 56.3 Å². The molecule has 0 unspecified atom stereocenters. The van der Waals surface area contributed by atoms with Crippen LogP contribution in [0.1, 0.15) is 15.9 Å². The normalized spacial score (nSPS) is 10.7. The summed E-state index contributed by atoms with van der Waals surface area (Å²) < 4.78 is 10.7. The first-order chi connectivity index (χ1) is 18.7. The maximum absolute atomic E-state index is 10.8. The number of hydrogen-bond donors (Lipinski definition) is 1. The summed E-state index contributed by atoms with van der Waals surface area (Å²) in [5.74, 6) is 1.65. The number of ether oxygens (including phenoxy) is 2. The Morgan fingerprint density at radius 2 is 1.29 bits per heavy atom. The summed E-state index contributed by atoms with van der Waals surface area (Å²) in [5, 5.41) is 16.5. The number of benzene rings is 5. The van der Waals surface area contributed by atoms with Crippen molar-refractivity contribution in [2.45, 2.75) is 6.42 Å². The van der Waals surface area contributed by atoms with Gasteiger partial charge in [-0.05, 0) is 46.7 Å². The van der Waals surface area contributed by atoms with Crippen LogP contribution in [0, 0.1) is 11.3 Å². The van der Waals surface area contributed by atoms with Gasteiger partial charge in [-0.15, -0.1) is 0 Å². The number of carbonyl (C=O) groups is 1. The van der Waals surface area contributed by atoms with Crippen molar-refractivity contribution in [1.82, 2.24) is 0 Å². The maximum atomic E-state index is 10.8. The molecule has 5 heteroatoms. The van der Waals surface area contributed by atoms with Crippen molar-refractivity contribution < 1.29 is 14.3 Å². The third kappa shape index (κ3) is 6.00. The number of nitrogens with zero attached hydrogens (tertiary/aromatic N) is 1. The van der Waals surface area contributed by atoms with E-state index in [1.165, 1.54) is 0 Å². The molecule has 5 nitrogen and oxygen atoms in total. The highest BCUT2D eigenvalue weighted by molar-refractivity contribution is 6.00. The second-order valence-electron chi connectivity index (χ2n) is 8.46. The molecule has 0 aliphatic heterocycles. The minimum absolute atomic E-state index is 0.646. The molecule has 0 aliphatic rings. The summed E-state index contributed by atoms with van der Waals surface area (Å²) in [7, 11) is 3.31. The average molecular weight is 501 g/mol. The fourth-order valence-corrected chi connectivity index (χ4v) is 4.36. The number of aldehydes is 1. The van der Waals surface area contributed by atoms with E-state index in [-0.39, 0.29) is 0 Å². The van der Waals surface area contributed by atoms with Crippen molar-refractivity contribution in [3.05, 3.63) is 126 Å². The summed E-state index contributed by atoms with van der Waals surface area (Å²) in [4.78, 5) is 10.8. The van der Waals surface area contributed by atoms with Gasteiger partial charge in [0.05, 0.1) is 20.3 Å². The minimum Gasteiger partial charge on any atom is -0.496 e. The molecule has 0 radical (unpaired) electrons. The number of allylic oxidation sites excluding steroid dienone is 2. The number of anilines is 1. The van der Waals surface area contributed by atoms with Crippen molar-refractivity contribution in [3.63, 3.8) is 0 Å². The number of nitrogens with one attached hydrogen (secondary N) is 1. The number of carbonyl (C=O) groups excluding carboxylic acids is 1. The third-order valence-electron chi connectivity index (χ3n) is 6.16. The molecule has 5 aromatic rings. The Morgan fingerprint density at radius 3 is 1.89 bits per heavy atom. The highest BCUT2D eigenvalue weighted by Crippen LogP contribution is 2.30. The molecule has 38 heavy (non-hydrogen) atoms. The van der Waals surface area contributed by atoms with Gasteiger partial charge in [0, 0.05) is 40.2 Å². The Bertz CT molecular complexity index is 1620. The van der Waals surface area contributed by atoms with Crippen LogP contribution in [0.2, 0.25) is 0 Å². The van der Waals surface area contributed by atoms with Gasteiger partial charge in [0.1, 0.15) is 11.5 Å². The molecule has 0 saturated heterocycles. The van der Waals surface area contributed by atoms with Crippen molar-refractivity contribution in [1.29, 1.82) is 5.26 Å². The summed E-state index contributed by atoms with van der Waals surface area (Å²) >= 11 is 0. The van der Waals surface area contributed by atoms with Crippen LogP contribution in [0.25, 0.3) is 21.5 Å². The molecule has 0 spiro atoms. The predicted molar refractivity (Wildman–Crippen MR) is 154 cm³/mol. The first-order valence-corrected chi connectivity index (χ1v) is 12.1. The van der Waals surface area contributed by atoms with Gasteiger partial charge in [-0.3, -0.25) is 4.79 Å². The van der Waals surface area contributed by atoms with Gasteiger partial charge in [-0.2, -0.15) is 5.26 Å². The van der Waals surface area contributed by atoms with Crippen molar-refractivity contribution in [2.75, 3.05) is 19.5 Å². The molecule has 1 N–H and O–H groups in total. The molecule has 5 aromatic carbocycles. The van der Waals surface area contributed by atoms with Crippen LogP contribution >= 0.6 is 0 Å². The van der Waals surface area contributed by atoms with Crippen LogP contribution < -0.4 is 14.8 Å². The minimum atomic E-state index is 0.646. The standard InChI is InChI=1S/C21H18N2O.C12H10O2/c1-24-21-12-11-16(19-9-5-6-10-20(19)21)15-18(13-14-22)23-17-7-3-2-4-8-17;1-14-12-7-6-9(8-13)10-4-2-3-5-11(10)12/h2-13,23H,15H2,1H3;2-8H,1H3. The lowest BCUT2D eigenvalue weighted by molar-refractivity contribution is 0.112. The molecular formula is C33H28N2O3. The first-order valence-electron chi connectivity index (χ1n) is 12.1. The molecule has 0 heterocycles. The lowest BCUT2D eigenvalue weighted by Gasteiger charge is -2.14. The quantitative estimate of drug-likeness (QED) is 0.184. The van der Waals surface area contributed by atoms with E-state index in [9.17, 15) is 4.79 Å². The van der Waals surface area contributed by atoms with Gasteiger partial charge in [0.25, 0.3) is 0 Å². The fraction of sp³-hybridized carbons (Fsp3) is 0.0909. The van der Waals surface area contributed by atoms with E-state index in [4.69, 9.17) is 14.7 Å². The van der Waals surface area contributed by atoms with E-state index in [0.29, 0.717) is 12.0 Å². The SMILES string of the molecule is COc1ccc(C=O)c2ccccc12.COc1ccc(CC(=CC#N)Nc2ccccc2)c2ccccc12. The summed E-state index contributed by atoms with van der Waals surface area (Å²) in [6.07, 6.45) is 3.07. The van der Waals surface area contributed by atoms with Gasteiger partial charge >= 0.3 is 0 Å². The molecule has 0 saturated carbocycles. The first kappa shape index (κ1) is 26.0. The second-order valence-corrected chi connectivity index (χ2v) is 8.46. The van der Waals surface area contributed by atoms with E-state index < -0.39 is 0 Å². The largest absolute Gasteiger partial charge is 0.496 e. The maximum Gasteiger partial charge on any atom is 0.150 e. The highest BCUT2D eigenvalue weighted by atomic mass is 16.5. The molecule has 0 fully saturated rings. The number of hydrogen-bond acceptors (Lipinski definition) is 5. The Balaban J connectivity index is 0.000000204. The number of rotatable bonds is 7. The molecule has 0 amide bonds. The fourth-order valence-electron chi connectivity index (χ4n) is 4.36. The Kier molecular flexibility index (Phi) is 8.72. The Hall–Kier alpha value is -5.08. The molecule has 5 rings (SSSR count). The zero-order valence-electron chi connectivity index (χ0n) is 21.3. The van der Waals surface area contributed by atoms with E-state index in [1.54, 1.807) is 26.4 Å². The molecule has 188 valence electrons. The predicted octanol–water partition coefficient (Wildman–Crippen LogP) is 7.57. The molecule has 0 aromatic heterocycles. The number of fused-ring (bicyclic) bond motifs is 2. The van der Waals surface area contributed by atoms with Crippen LogP contribution in [-0.2, 0) is 6.42 Å². The zero-order valence-corrected chi connectivity index (χ0v) is 21.3. The van der Waals surface area contributed by atoms with E-state index in [2.05, 4.69) is 29.6 Å². The van der Waals surface area contributed by atoms with Crippen LogP contribution in [0.3, 0.4) is 0 Å². The summed E-state index contributed by atoms with van der Waals surface area (Å²) in [6, 6.07) is 35.5. The Labute approximate surface area is 222 Å². The van der Waals surface area contributed by atoms with Gasteiger partial charge < -0.3 is 14.8 Å². The van der Waals surface area contributed by atoms with E-state index >= 15 is 0 Å². The van der Waals surface area contributed by atoms with E-state index in [1.807, 2.05) is 78.9 Å². The average Bonchev–Trinajstić information content (AvgIpc) is 2.97. The van der Waals surface area contributed by atoms with Crippen LogP contribution in [-0.4, -0.2) is 20.5 Å². The molecule has 0 aliphatic carbocycles. The second kappa shape index (κ2) is 12.8. The number of methoxy groups -OCH3 is 2.